The van der Waals surface area contributed by atoms with Crippen LogP contribution >= 0.6 is 0 Å². The lowest BCUT2D eigenvalue weighted by Crippen LogP contribution is -2.11. The molecule has 80 valence electrons. The fourth-order valence-corrected chi connectivity index (χ4v) is 1.36. The third kappa shape index (κ3) is 2.03. The SMILES string of the molecule is CC1(C)CC1Nc1ncc([N+](=O)[O-])cn1. The van der Waals surface area contributed by atoms with Gasteiger partial charge in [-0.1, -0.05) is 13.8 Å². The molecule has 1 aromatic rings. The summed E-state index contributed by atoms with van der Waals surface area (Å²) in [4.78, 5) is 17.6. The van der Waals surface area contributed by atoms with E-state index in [1.165, 1.54) is 12.4 Å². The maximum Gasteiger partial charge on any atom is 0.305 e. The maximum absolute atomic E-state index is 10.4. The van der Waals surface area contributed by atoms with Crippen molar-refractivity contribution < 1.29 is 4.92 Å². The second-order valence-electron chi connectivity index (χ2n) is 4.41. The average molecular weight is 208 g/mol. The first kappa shape index (κ1) is 9.82. The molecular formula is C9H12N4O2. The highest BCUT2D eigenvalue weighted by molar-refractivity contribution is 5.34. The van der Waals surface area contributed by atoms with E-state index in [0.717, 1.165) is 6.42 Å². The Morgan fingerprint density at radius 3 is 2.47 bits per heavy atom. The molecule has 1 fully saturated rings. The highest BCUT2D eigenvalue weighted by atomic mass is 16.6. The highest BCUT2D eigenvalue weighted by Gasteiger charge is 2.46. The van der Waals surface area contributed by atoms with Crippen LogP contribution in [0.3, 0.4) is 0 Å². The second kappa shape index (κ2) is 3.15. The highest BCUT2D eigenvalue weighted by Crippen LogP contribution is 2.46. The topological polar surface area (TPSA) is 81.0 Å². The number of nitrogens with zero attached hydrogens (tertiary/aromatic N) is 3. The van der Waals surface area contributed by atoms with E-state index in [2.05, 4.69) is 29.1 Å². The minimum atomic E-state index is -0.509. The van der Waals surface area contributed by atoms with Gasteiger partial charge in [-0.05, 0) is 11.8 Å². The largest absolute Gasteiger partial charge is 0.351 e. The van der Waals surface area contributed by atoms with Gasteiger partial charge in [0.15, 0.2) is 0 Å². The Hall–Kier alpha value is -1.72. The van der Waals surface area contributed by atoms with Gasteiger partial charge in [0.1, 0.15) is 12.4 Å². The summed E-state index contributed by atoms with van der Waals surface area (Å²) >= 11 is 0. The second-order valence-corrected chi connectivity index (χ2v) is 4.41. The first-order valence-electron chi connectivity index (χ1n) is 4.72. The van der Waals surface area contributed by atoms with E-state index in [1.807, 2.05) is 0 Å². The van der Waals surface area contributed by atoms with Gasteiger partial charge in [-0.25, -0.2) is 9.97 Å². The lowest BCUT2D eigenvalue weighted by Gasteiger charge is -2.05. The van der Waals surface area contributed by atoms with E-state index >= 15 is 0 Å². The van der Waals surface area contributed by atoms with Crippen molar-refractivity contribution in [3.63, 3.8) is 0 Å². The molecule has 1 unspecified atom stereocenters. The van der Waals surface area contributed by atoms with Gasteiger partial charge in [0.25, 0.3) is 0 Å². The Morgan fingerprint density at radius 2 is 2.07 bits per heavy atom. The van der Waals surface area contributed by atoms with Crippen LogP contribution in [-0.2, 0) is 0 Å². The zero-order chi connectivity index (χ0) is 11.1. The lowest BCUT2D eigenvalue weighted by atomic mass is 10.2. The summed E-state index contributed by atoms with van der Waals surface area (Å²) in [6, 6.07) is 0.374. The van der Waals surface area contributed by atoms with Gasteiger partial charge in [-0.15, -0.1) is 0 Å². The lowest BCUT2D eigenvalue weighted by molar-refractivity contribution is -0.385. The van der Waals surface area contributed by atoms with Crippen LogP contribution in [0.15, 0.2) is 12.4 Å². The zero-order valence-corrected chi connectivity index (χ0v) is 8.60. The summed E-state index contributed by atoms with van der Waals surface area (Å²) in [7, 11) is 0. The fourth-order valence-electron chi connectivity index (χ4n) is 1.36. The monoisotopic (exact) mass is 208 g/mol. The predicted octanol–water partition coefficient (Wildman–Crippen LogP) is 1.60. The maximum atomic E-state index is 10.4. The van der Waals surface area contributed by atoms with Crippen molar-refractivity contribution >= 4 is 11.6 Å². The quantitative estimate of drug-likeness (QED) is 0.602. The molecule has 6 nitrogen and oxygen atoms in total. The zero-order valence-electron chi connectivity index (χ0n) is 8.60. The summed E-state index contributed by atoms with van der Waals surface area (Å²) < 4.78 is 0. The number of hydrogen-bond acceptors (Lipinski definition) is 5. The van der Waals surface area contributed by atoms with Crippen LogP contribution in [0.4, 0.5) is 11.6 Å². The van der Waals surface area contributed by atoms with Crippen LogP contribution in [0.1, 0.15) is 20.3 Å². The molecule has 0 spiro atoms. The summed E-state index contributed by atoms with van der Waals surface area (Å²) in [5.74, 6) is 0.455. The first-order chi connectivity index (χ1) is 6.99. The molecule has 1 heterocycles. The summed E-state index contributed by atoms with van der Waals surface area (Å²) in [6.07, 6.45) is 3.50. The third-order valence-corrected chi connectivity index (χ3v) is 2.67. The van der Waals surface area contributed by atoms with Crippen LogP contribution < -0.4 is 5.32 Å². The van der Waals surface area contributed by atoms with E-state index in [-0.39, 0.29) is 11.1 Å². The van der Waals surface area contributed by atoms with Crippen LogP contribution in [-0.4, -0.2) is 20.9 Å². The van der Waals surface area contributed by atoms with Gasteiger partial charge in [0, 0.05) is 6.04 Å². The van der Waals surface area contributed by atoms with Gasteiger partial charge < -0.3 is 5.32 Å². The molecule has 0 bridgehead atoms. The van der Waals surface area contributed by atoms with E-state index in [9.17, 15) is 10.1 Å². The molecule has 0 saturated heterocycles. The number of anilines is 1. The van der Waals surface area contributed by atoms with E-state index in [4.69, 9.17) is 0 Å². The van der Waals surface area contributed by atoms with Gasteiger partial charge in [-0.2, -0.15) is 0 Å². The number of nitrogens with one attached hydrogen (secondary N) is 1. The Morgan fingerprint density at radius 1 is 1.53 bits per heavy atom. The van der Waals surface area contributed by atoms with E-state index < -0.39 is 4.92 Å². The molecule has 15 heavy (non-hydrogen) atoms. The Balaban J connectivity index is 2.02. The first-order valence-corrected chi connectivity index (χ1v) is 4.72. The fraction of sp³-hybridized carbons (Fsp3) is 0.556. The van der Waals surface area contributed by atoms with Gasteiger partial charge >= 0.3 is 5.69 Å². The summed E-state index contributed by atoms with van der Waals surface area (Å²) in [5.41, 5.74) is 0.195. The molecule has 1 aliphatic rings. The van der Waals surface area contributed by atoms with Crippen molar-refractivity contribution in [3.05, 3.63) is 22.5 Å². The Labute approximate surface area is 86.9 Å². The Kier molecular flexibility index (Phi) is 2.06. The van der Waals surface area contributed by atoms with Gasteiger partial charge in [0.05, 0.1) is 4.92 Å². The number of aromatic nitrogens is 2. The van der Waals surface area contributed by atoms with Crippen molar-refractivity contribution in [2.75, 3.05) is 5.32 Å². The van der Waals surface area contributed by atoms with Crippen LogP contribution in [0.5, 0.6) is 0 Å². The van der Waals surface area contributed by atoms with Crippen molar-refractivity contribution in [1.29, 1.82) is 0 Å². The molecule has 1 saturated carbocycles. The minimum absolute atomic E-state index is 0.0874. The van der Waals surface area contributed by atoms with Crippen LogP contribution in [0.2, 0.25) is 0 Å². The van der Waals surface area contributed by atoms with E-state index in [0.29, 0.717) is 12.0 Å². The summed E-state index contributed by atoms with van der Waals surface area (Å²) in [5, 5.41) is 13.5. The molecule has 6 heteroatoms. The van der Waals surface area contributed by atoms with Crippen molar-refractivity contribution in [2.45, 2.75) is 26.3 Å². The molecule has 0 aliphatic heterocycles. The molecule has 1 N–H and O–H groups in total. The average Bonchev–Trinajstić information content (AvgIpc) is 2.74. The third-order valence-electron chi connectivity index (χ3n) is 2.67. The number of nitro groups is 1. The van der Waals surface area contributed by atoms with Crippen molar-refractivity contribution in [2.24, 2.45) is 5.41 Å². The normalized spacial score (nSPS) is 22.1. The van der Waals surface area contributed by atoms with Gasteiger partial charge in [0.2, 0.25) is 5.95 Å². The smallest absolute Gasteiger partial charge is 0.305 e. The molecular weight excluding hydrogens is 196 g/mol. The predicted molar refractivity (Wildman–Crippen MR) is 54.5 cm³/mol. The molecule has 1 aromatic heterocycles. The molecule has 2 rings (SSSR count). The van der Waals surface area contributed by atoms with Crippen LogP contribution in [0.25, 0.3) is 0 Å². The Bertz CT molecular complexity index is 388. The molecule has 0 amide bonds. The molecule has 1 aliphatic carbocycles. The number of hydrogen-bond donors (Lipinski definition) is 1. The van der Waals surface area contributed by atoms with E-state index in [1.54, 1.807) is 0 Å². The molecule has 1 atom stereocenters. The van der Waals surface area contributed by atoms with Crippen LogP contribution in [0, 0.1) is 15.5 Å². The molecule has 0 radical (unpaired) electrons. The van der Waals surface area contributed by atoms with Crippen molar-refractivity contribution in [3.8, 4) is 0 Å². The van der Waals surface area contributed by atoms with Crippen molar-refractivity contribution in [1.82, 2.24) is 9.97 Å². The minimum Gasteiger partial charge on any atom is -0.351 e. The summed E-state index contributed by atoms with van der Waals surface area (Å²) in [6.45, 7) is 4.30. The molecule has 0 aromatic carbocycles. The standard InChI is InChI=1S/C9H12N4O2/c1-9(2)3-7(9)12-8-10-4-6(5-11-8)13(14)15/h4-5,7H,3H2,1-2H3,(H,10,11,12). The number of rotatable bonds is 3. The van der Waals surface area contributed by atoms with Gasteiger partial charge in [-0.3, -0.25) is 10.1 Å².